The number of carbonyl (C=O) groups is 1. The third kappa shape index (κ3) is 5.94. The fourth-order valence-electron chi connectivity index (χ4n) is 3.16. The molecule has 6 nitrogen and oxygen atoms in total. The van der Waals surface area contributed by atoms with Crippen LogP contribution in [0.4, 0.5) is 4.79 Å². The van der Waals surface area contributed by atoms with Crippen LogP contribution in [0.1, 0.15) is 26.7 Å². The maximum Gasteiger partial charge on any atom is 0.317 e. The minimum absolute atomic E-state index is 0.0570. The molecule has 0 aromatic carbocycles. The van der Waals surface area contributed by atoms with Gasteiger partial charge in [0, 0.05) is 51.9 Å². The third-order valence-electron chi connectivity index (χ3n) is 4.95. The molecule has 2 aliphatic heterocycles. The first-order valence-corrected chi connectivity index (χ1v) is 8.99. The zero-order chi connectivity index (χ0) is 16.8. The fourth-order valence-corrected chi connectivity index (χ4v) is 3.16. The molecule has 2 atom stereocenters. The molecule has 6 heteroatoms. The van der Waals surface area contributed by atoms with Gasteiger partial charge in [0.15, 0.2) is 0 Å². The number of piperazine rings is 1. The third-order valence-corrected chi connectivity index (χ3v) is 4.95. The molecule has 134 valence electrons. The van der Waals surface area contributed by atoms with Crippen LogP contribution in [0, 0.1) is 5.92 Å². The lowest BCUT2D eigenvalue weighted by Gasteiger charge is -2.37. The van der Waals surface area contributed by atoms with Crippen molar-refractivity contribution in [1.82, 2.24) is 20.0 Å². The summed E-state index contributed by atoms with van der Waals surface area (Å²) < 4.78 is 5.88. The Morgan fingerprint density at radius 3 is 2.74 bits per heavy atom. The number of likely N-dealkylation sites (N-methyl/N-ethyl adjacent to an activating group) is 2. The predicted octanol–water partition coefficient (Wildman–Crippen LogP) is 1.08. The molecule has 0 radical (unpaired) electrons. The van der Waals surface area contributed by atoms with Crippen LogP contribution in [0.5, 0.6) is 0 Å². The van der Waals surface area contributed by atoms with Crippen molar-refractivity contribution in [3.8, 4) is 0 Å². The second kappa shape index (κ2) is 8.85. The predicted molar refractivity (Wildman–Crippen MR) is 92.7 cm³/mol. The number of nitrogens with zero attached hydrogens (tertiary/aromatic N) is 3. The standard InChI is InChI=1S/C17H34N4O2/c1-14(2)6-10-23-16-5-7-21(13-16)17(22)18-11-15-12-19(3)8-9-20(15)4/h14-16H,5-13H2,1-4H3,(H,18,22). The van der Waals surface area contributed by atoms with Crippen molar-refractivity contribution in [2.24, 2.45) is 5.92 Å². The zero-order valence-electron chi connectivity index (χ0n) is 15.3. The summed E-state index contributed by atoms with van der Waals surface area (Å²) in [5.41, 5.74) is 0. The van der Waals surface area contributed by atoms with Gasteiger partial charge in [0.05, 0.1) is 6.10 Å². The van der Waals surface area contributed by atoms with E-state index in [0.717, 1.165) is 58.7 Å². The molecule has 2 saturated heterocycles. The van der Waals surface area contributed by atoms with E-state index in [0.29, 0.717) is 12.0 Å². The number of carbonyl (C=O) groups excluding carboxylic acids is 1. The molecule has 0 aliphatic carbocycles. The Morgan fingerprint density at radius 1 is 1.22 bits per heavy atom. The van der Waals surface area contributed by atoms with Crippen LogP contribution in [0.2, 0.25) is 0 Å². The van der Waals surface area contributed by atoms with E-state index in [9.17, 15) is 4.79 Å². The van der Waals surface area contributed by atoms with Gasteiger partial charge < -0.3 is 19.9 Å². The Hall–Kier alpha value is -0.850. The van der Waals surface area contributed by atoms with Gasteiger partial charge in [-0.3, -0.25) is 4.90 Å². The molecule has 0 aromatic rings. The van der Waals surface area contributed by atoms with E-state index >= 15 is 0 Å². The van der Waals surface area contributed by atoms with E-state index in [1.165, 1.54) is 0 Å². The maximum absolute atomic E-state index is 12.3. The van der Waals surface area contributed by atoms with Gasteiger partial charge in [-0.2, -0.15) is 0 Å². The normalized spacial score (nSPS) is 26.9. The summed E-state index contributed by atoms with van der Waals surface area (Å²) in [5.74, 6) is 0.668. The van der Waals surface area contributed by atoms with Gasteiger partial charge in [0.25, 0.3) is 0 Å². The van der Waals surface area contributed by atoms with Gasteiger partial charge in [-0.15, -0.1) is 0 Å². The van der Waals surface area contributed by atoms with Crippen LogP contribution in [0.25, 0.3) is 0 Å². The second-order valence-electron chi connectivity index (χ2n) is 7.49. The SMILES string of the molecule is CC(C)CCOC1CCN(C(=O)NCC2CN(C)CCN2C)C1. The number of urea groups is 1. The summed E-state index contributed by atoms with van der Waals surface area (Å²) in [6.07, 6.45) is 2.25. The summed E-state index contributed by atoms with van der Waals surface area (Å²) >= 11 is 0. The average Bonchev–Trinajstić information content (AvgIpc) is 2.96. The van der Waals surface area contributed by atoms with Gasteiger partial charge >= 0.3 is 6.03 Å². The highest BCUT2D eigenvalue weighted by molar-refractivity contribution is 5.74. The highest BCUT2D eigenvalue weighted by Gasteiger charge is 2.28. The first-order chi connectivity index (χ1) is 11.0. The summed E-state index contributed by atoms with van der Waals surface area (Å²) in [6.45, 7) is 10.6. The largest absolute Gasteiger partial charge is 0.376 e. The number of ether oxygens (including phenoxy) is 1. The summed E-state index contributed by atoms with van der Waals surface area (Å²) in [7, 11) is 4.28. The van der Waals surface area contributed by atoms with Gasteiger partial charge in [0.1, 0.15) is 0 Å². The lowest BCUT2D eigenvalue weighted by atomic mass is 10.1. The first-order valence-electron chi connectivity index (χ1n) is 8.99. The Kier molecular flexibility index (Phi) is 7.11. The minimum Gasteiger partial charge on any atom is -0.376 e. The smallest absolute Gasteiger partial charge is 0.317 e. The molecule has 23 heavy (non-hydrogen) atoms. The Morgan fingerprint density at radius 2 is 2.00 bits per heavy atom. The van der Waals surface area contributed by atoms with E-state index in [2.05, 4.69) is 43.1 Å². The molecule has 2 amide bonds. The monoisotopic (exact) mass is 326 g/mol. The Balaban J connectivity index is 1.66. The molecule has 0 aromatic heterocycles. The van der Waals surface area contributed by atoms with Crippen molar-refractivity contribution in [2.75, 3.05) is 60.0 Å². The molecule has 2 rings (SSSR count). The van der Waals surface area contributed by atoms with E-state index in [4.69, 9.17) is 4.74 Å². The molecular weight excluding hydrogens is 292 g/mol. The minimum atomic E-state index is 0.0570. The highest BCUT2D eigenvalue weighted by atomic mass is 16.5. The summed E-state index contributed by atoms with van der Waals surface area (Å²) in [4.78, 5) is 18.9. The van der Waals surface area contributed by atoms with E-state index in [-0.39, 0.29) is 12.1 Å². The summed E-state index contributed by atoms with van der Waals surface area (Å²) in [5, 5.41) is 3.10. The van der Waals surface area contributed by atoms with E-state index in [1.54, 1.807) is 0 Å². The maximum atomic E-state index is 12.3. The van der Waals surface area contributed by atoms with E-state index in [1.807, 2.05) is 4.90 Å². The molecule has 0 bridgehead atoms. The number of hydrogen-bond acceptors (Lipinski definition) is 4. The van der Waals surface area contributed by atoms with Crippen molar-refractivity contribution in [1.29, 1.82) is 0 Å². The number of nitrogens with one attached hydrogen (secondary N) is 1. The quantitative estimate of drug-likeness (QED) is 0.793. The van der Waals surface area contributed by atoms with E-state index < -0.39 is 0 Å². The van der Waals surface area contributed by atoms with Crippen LogP contribution >= 0.6 is 0 Å². The lowest BCUT2D eigenvalue weighted by molar-refractivity contribution is 0.0541. The Bertz CT molecular complexity index is 378. The highest BCUT2D eigenvalue weighted by Crippen LogP contribution is 2.14. The van der Waals surface area contributed by atoms with Crippen molar-refractivity contribution in [3.05, 3.63) is 0 Å². The fraction of sp³-hybridized carbons (Fsp3) is 0.941. The second-order valence-corrected chi connectivity index (χ2v) is 7.49. The summed E-state index contributed by atoms with van der Waals surface area (Å²) in [6, 6.07) is 0.458. The molecule has 1 N–H and O–H groups in total. The molecule has 2 fully saturated rings. The molecule has 2 aliphatic rings. The zero-order valence-corrected chi connectivity index (χ0v) is 15.3. The van der Waals surface area contributed by atoms with Crippen LogP contribution in [-0.2, 0) is 4.74 Å². The molecule has 2 heterocycles. The van der Waals surface area contributed by atoms with Crippen molar-refractivity contribution in [3.63, 3.8) is 0 Å². The molecule has 2 unspecified atom stereocenters. The van der Waals surface area contributed by atoms with Crippen molar-refractivity contribution >= 4 is 6.03 Å². The van der Waals surface area contributed by atoms with Gasteiger partial charge in [-0.25, -0.2) is 4.79 Å². The van der Waals surface area contributed by atoms with Crippen LogP contribution in [0.3, 0.4) is 0 Å². The van der Waals surface area contributed by atoms with Crippen molar-refractivity contribution in [2.45, 2.75) is 38.8 Å². The number of rotatable bonds is 6. The lowest BCUT2D eigenvalue weighted by Crippen LogP contribution is -2.55. The Labute approximate surface area is 141 Å². The molecular formula is C17H34N4O2. The van der Waals surface area contributed by atoms with Crippen LogP contribution < -0.4 is 5.32 Å². The topological polar surface area (TPSA) is 48.1 Å². The number of amides is 2. The van der Waals surface area contributed by atoms with Gasteiger partial charge in [-0.05, 0) is 32.9 Å². The molecule has 0 spiro atoms. The van der Waals surface area contributed by atoms with Crippen LogP contribution in [0.15, 0.2) is 0 Å². The van der Waals surface area contributed by atoms with Gasteiger partial charge in [-0.1, -0.05) is 13.8 Å². The number of hydrogen-bond donors (Lipinski definition) is 1. The van der Waals surface area contributed by atoms with Crippen molar-refractivity contribution < 1.29 is 9.53 Å². The average molecular weight is 326 g/mol. The van der Waals surface area contributed by atoms with Crippen LogP contribution in [-0.4, -0.2) is 92.8 Å². The number of likely N-dealkylation sites (tertiary alicyclic amines) is 1. The van der Waals surface area contributed by atoms with Gasteiger partial charge in [0.2, 0.25) is 0 Å². The first kappa shape index (κ1) is 18.5. The molecule has 0 saturated carbocycles.